The molecule has 1 aliphatic rings. The molecule has 0 aliphatic heterocycles. The van der Waals surface area contributed by atoms with Gasteiger partial charge in [-0.25, -0.2) is 4.79 Å². The minimum atomic E-state index is -1.48. The van der Waals surface area contributed by atoms with Crippen molar-refractivity contribution in [3.8, 4) is 0 Å². The smallest absolute Gasteiger partial charge is 0.333 e. The van der Waals surface area contributed by atoms with E-state index in [9.17, 15) is 14.7 Å². The molecule has 118 valence electrons. The van der Waals surface area contributed by atoms with E-state index >= 15 is 0 Å². The first kappa shape index (κ1) is 17.4. The molecule has 1 rings (SSSR count). The number of esters is 1. The molecule has 1 amide bonds. The Morgan fingerprint density at radius 1 is 1.57 bits per heavy atom. The zero-order valence-corrected chi connectivity index (χ0v) is 12.9. The summed E-state index contributed by atoms with van der Waals surface area (Å²) in [5.74, 6) is -0.832. The molecule has 6 nitrogen and oxygen atoms in total. The first-order valence-electron chi connectivity index (χ1n) is 6.81. The fraction of sp³-hybridized carbons (Fsp3) is 0.600. The van der Waals surface area contributed by atoms with E-state index in [-0.39, 0.29) is 18.4 Å². The maximum Gasteiger partial charge on any atom is 0.333 e. The summed E-state index contributed by atoms with van der Waals surface area (Å²) in [5.41, 5.74) is -1.18. The molecule has 2 N–H and O–H groups in total. The SMILES string of the molecule is C=C[C@@]1(O)CC(C(=O)OC)=C[C@@H](OC(C)C)[C@@H]1NC(C)=O. The second kappa shape index (κ2) is 6.87. The Morgan fingerprint density at radius 2 is 2.19 bits per heavy atom. The number of hydrogen-bond acceptors (Lipinski definition) is 5. The first-order valence-corrected chi connectivity index (χ1v) is 6.81. The molecule has 0 fully saturated rings. The van der Waals surface area contributed by atoms with Gasteiger partial charge in [-0.1, -0.05) is 6.08 Å². The van der Waals surface area contributed by atoms with Crippen LogP contribution in [0.1, 0.15) is 27.2 Å². The average Bonchev–Trinajstić information content (AvgIpc) is 2.40. The third-order valence-electron chi connectivity index (χ3n) is 3.30. The second-order valence-corrected chi connectivity index (χ2v) is 5.38. The molecule has 0 heterocycles. The molecule has 3 atom stereocenters. The fourth-order valence-corrected chi connectivity index (χ4v) is 2.38. The van der Waals surface area contributed by atoms with Gasteiger partial charge >= 0.3 is 5.97 Å². The minimum Gasteiger partial charge on any atom is -0.466 e. The predicted octanol–water partition coefficient (Wildman–Crippen LogP) is 0.705. The molecule has 1 aliphatic carbocycles. The molecule has 0 aromatic heterocycles. The Kier molecular flexibility index (Phi) is 5.69. The fourth-order valence-electron chi connectivity index (χ4n) is 2.38. The van der Waals surface area contributed by atoms with Crippen LogP contribution in [-0.2, 0) is 19.1 Å². The number of carbonyl (C=O) groups is 2. The highest BCUT2D eigenvalue weighted by atomic mass is 16.5. The lowest BCUT2D eigenvalue weighted by Crippen LogP contribution is -2.60. The van der Waals surface area contributed by atoms with E-state index in [1.807, 2.05) is 13.8 Å². The molecular weight excluding hydrogens is 274 g/mol. The number of rotatable bonds is 5. The van der Waals surface area contributed by atoms with Crippen molar-refractivity contribution < 1.29 is 24.2 Å². The monoisotopic (exact) mass is 297 g/mol. The van der Waals surface area contributed by atoms with Gasteiger partial charge in [0.25, 0.3) is 0 Å². The van der Waals surface area contributed by atoms with Crippen molar-refractivity contribution >= 4 is 11.9 Å². The van der Waals surface area contributed by atoms with Crippen LogP contribution in [0, 0.1) is 0 Å². The highest BCUT2D eigenvalue weighted by Crippen LogP contribution is 2.32. The van der Waals surface area contributed by atoms with Crippen molar-refractivity contribution in [1.29, 1.82) is 0 Å². The zero-order chi connectivity index (χ0) is 16.2. The number of amides is 1. The summed E-state index contributed by atoms with van der Waals surface area (Å²) in [5, 5.41) is 13.4. The molecule has 6 heteroatoms. The number of carbonyl (C=O) groups excluding carboxylic acids is 2. The highest BCUT2D eigenvalue weighted by Gasteiger charge is 2.45. The van der Waals surface area contributed by atoms with Gasteiger partial charge in [-0.05, 0) is 19.9 Å². The number of methoxy groups -OCH3 is 1. The molecule has 0 spiro atoms. The van der Waals surface area contributed by atoms with Gasteiger partial charge in [-0.2, -0.15) is 0 Å². The van der Waals surface area contributed by atoms with E-state index in [2.05, 4.69) is 11.9 Å². The Labute approximate surface area is 124 Å². The maximum atomic E-state index is 11.8. The Bertz CT molecular complexity index is 457. The van der Waals surface area contributed by atoms with E-state index < -0.39 is 23.7 Å². The number of hydrogen-bond donors (Lipinski definition) is 2. The van der Waals surface area contributed by atoms with Crippen molar-refractivity contribution in [2.24, 2.45) is 0 Å². The van der Waals surface area contributed by atoms with Crippen molar-refractivity contribution in [3.05, 3.63) is 24.3 Å². The van der Waals surface area contributed by atoms with Gasteiger partial charge in [0.2, 0.25) is 5.91 Å². The van der Waals surface area contributed by atoms with E-state index in [1.165, 1.54) is 20.1 Å². The van der Waals surface area contributed by atoms with Crippen molar-refractivity contribution in [1.82, 2.24) is 5.32 Å². The van der Waals surface area contributed by atoms with E-state index in [0.29, 0.717) is 5.57 Å². The van der Waals surface area contributed by atoms with Gasteiger partial charge in [0.15, 0.2) is 0 Å². The molecule has 0 saturated heterocycles. The summed E-state index contributed by atoms with van der Waals surface area (Å²) in [4.78, 5) is 23.1. The zero-order valence-electron chi connectivity index (χ0n) is 12.9. The maximum absolute atomic E-state index is 11.8. The molecule has 0 saturated carbocycles. The molecule has 0 unspecified atom stereocenters. The lowest BCUT2D eigenvalue weighted by Gasteiger charge is -2.42. The van der Waals surface area contributed by atoms with Crippen LogP contribution in [0.5, 0.6) is 0 Å². The summed E-state index contributed by atoms with van der Waals surface area (Å²) < 4.78 is 10.4. The van der Waals surface area contributed by atoms with Gasteiger partial charge < -0.3 is 19.9 Å². The van der Waals surface area contributed by atoms with Crippen molar-refractivity contribution in [3.63, 3.8) is 0 Å². The predicted molar refractivity (Wildman–Crippen MR) is 77.5 cm³/mol. The van der Waals surface area contributed by atoms with Crippen LogP contribution in [0.2, 0.25) is 0 Å². The first-order chi connectivity index (χ1) is 9.73. The van der Waals surface area contributed by atoms with Gasteiger partial charge in [0, 0.05) is 18.9 Å². The van der Waals surface area contributed by atoms with Crippen LogP contribution in [0.25, 0.3) is 0 Å². The molecule has 0 aromatic rings. The van der Waals surface area contributed by atoms with Gasteiger partial charge in [0.05, 0.1) is 19.3 Å². The van der Waals surface area contributed by atoms with Crippen LogP contribution in [0.15, 0.2) is 24.3 Å². The summed E-state index contributed by atoms with van der Waals surface area (Å²) in [7, 11) is 1.27. The van der Waals surface area contributed by atoms with E-state index in [0.717, 1.165) is 0 Å². The molecular formula is C15H23NO5. The normalized spacial score (nSPS) is 28.8. The molecule has 21 heavy (non-hydrogen) atoms. The third-order valence-corrected chi connectivity index (χ3v) is 3.30. The van der Waals surface area contributed by atoms with Crippen LogP contribution >= 0.6 is 0 Å². The number of nitrogens with one attached hydrogen (secondary N) is 1. The molecule has 0 radical (unpaired) electrons. The topological polar surface area (TPSA) is 84.9 Å². The van der Waals surface area contributed by atoms with Crippen molar-refractivity contribution in [2.45, 2.75) is 51.0 Å². The largest absolute Gasteiger partial charge is 0.466 e. The Morgan fingerprint density at radius 3 is 2.62 bits per heavy atom. The lowest BCUT2D eigenvalue weighted by molar-refractivity contribution is -0.138. The number of aliphatic hydroxyl groups is 1. The quantitative estimate of drug-likeness (QED) is 0.576. The summed E-state index contributed by atoms with van der Waals surface area (Å²) in [6.45, 7) is 8.63. The average molecular weight is 297 g/mol. The highest BCUT2D eigenvalue weighted by molar-refractivity contribution is 5.89. The van der Waals surface area contributed by atoms with E-state index in [1.54, 1.807) is 6.08 Å². The summed E-state index contributed by atoms with van der Waals surface area (Å²) in [6.07, 6.45) is 2.12. The summed E-state index contributed by atoms with van der Waals surface area (Å²) >= 11 is 0. The van der Waals surface area contributed by atoms with Crippen LogP contribution < -0.4 is 5.32 Å². The second-order valence-electron chi connectivity index (χ2n) is 5.38. The third kappa shape index (κ3) is 4.15. The van der Waals surface area contributed by atoms with E-state index in [4.69, 9.17) is 9.47 Å². The summed E-state index contributed by atoms with van der Waals surface area (Å²) in [6, 6.07) is -0.719. The Balaban J connectivity index is 3.22. The van der Waals surface area contributed by atoms with Gasteiger partial charge in [0.1, 0.15) is 11.7 Å². The lowest BCUT2D eigenvalue weighted by atomic mass is 9.78. The number of ether oxygens (including phenoxy) is 2. The molecule has 0 bridgehead atoms. The van der Waals surface area contributed by atoms with Crippen LogP contribution in [0.4, 0.5) is 0 Å². The van der Waals surface area contributed by atoms with Gasteiger partial charge in [-0.3, -0.25) is 4.79 Å². The Hall–Kier alpha value is -1.66. The standard InChI is InChI=1S/C15H23NO5/c1-6-15(19)8-11(14(18)20-5)7-12(21-9(2)3)13(15)16-10(4)17/h6-7,9,12-13,19H,1,8H2,2-5H3,(H,16,17)/t12-,13+,15-/m1/s1. The van der Waals surface area contributed by atoms with Gasteiger partial charge in [-0.15, -0.1) is 6.58 Å². The van der Waals surface area contributed by atoms with Crippen LogP contribution in [-0.4, -0.2) is 47.9 Å². The molecule has 0 aromatic carbocycles. The van der Waals surface area contributed by atoms with Crippen LogP contribution in [0.3, 0.4) is 0 Å². The van der Waals surface area contributed by atoms with Crippen molar-refractivity contribution in [2.75, 3.05) is 7.11 Å². The minimum absolute atomic E-state index is 0.00603.